The van der Waals surface area contributed by atoms with Crippen molar-refractivity contribution in [1.29, 1.82) is 0 Å². The number of fused-ring (bicyclic) bond motifs is 1. The van der Waals surface area contributed by atoms with Gasteiger partial charge in [-0.1, -0.05) is 11.8 Å². The maximum atomic E-state index is 14.3. The van der Waals surface area contributed by atoms with Crippen LogP contribution in [0.15, 0.2) is 23.2 Å². The fraction of sp³-hybridized carbons (Fsp3) is 0.462. The molecule has 5 N–H and O–H groups in total. The normalized spacial score (nSPS) is 36.8. The van der Waals surface area contributed by atoms with Crippen molar-refractivity contribution < 1.29 is 18.3 Å². The molecule has 0 spiro atoms. The van der Waals surface area contributed by atoms with Crippen molar-refractivity contribution in [3.05, 3.63) is 29.6 Å². The van der Waals surface area contributed by atoms with Gasteiger partial charge in [0.1, 0.15) is 10.6 Å². The molecule has 0 aromatic heterocycles. The van der Waals surface area contributed by atoms with Gasteiger partial charge in [0.25, 0.3) is 5.92 Å². The molecule has 0 radical (unpaired) electrons. The van der Waals surface area contributed by atoms with Crippen LogP contribution in [0.2, 0.25) is 0 Å². The highest BCUT2D eigenvalue weighted by Crippen LogP contribution is 2.74. The molecule has 3 rings (SSSR count). The van der Waals surface area contributed by atoms with Gasteiger partial charge in [0.15, 0.2) is 5.17 Å². The third kappa shape index (κ3) is 1.66. The molecule has 1 aromatic rings. The number of benzene rings is 1. The maximum absolute atomic E-state index is 14.3. The Morgan fingerprint density at radius 1 is 1.38 bits per heavy atom. The molecule has 0 amide bonds. The van der Waals surface area contributed by atoms with Crippen LogP contribution in [-0.2, 0) is 5.54 Å². The first-order chi connectivity index (χ1) is 9.69. The Bertz CT molecular complexity index is 654. The van der Waals surface area contributed by atoms with E-state index in [1.165, 1.54) is 19.1 Å². The number of aliphatic hydroxyl groups is 1. The molecule has 1 aliphatic heterocycles. The largest absolute Gasteiger partial charge is 0.399 e. The Balaban J connectivity index is 2.20. The topological polar surface area (TPSA) is 84.6 Å². The van der Waals surface area contributed by atoms with E-state index in [0.29, 0.717) is 11.8 Å². The van der Waals surface area contributed by atoms with Gasteiger partial charge in [-0.3, -0.25) is 4.99 Å². The molecule has 114 valence electrons. The summed E-state index contributed by atoms with van der Waals surface area (Å²) in [6, 6.07) is 3.75. The second-order valence-electron chi connectivity index (χ2n) is 5.54. The summed E-state index contributed by atoms with van der Waals surface area (Å²) in [5.41, 5.74) is 9.92. The lowest BCUT2D eigenvalue weighted by Gasteiger charge is -2.32. The molecular formula is C13H14F3N3OS. The van der Waals surface area contributed by atoms with Crippen molar-refractivity contribution in [2.45, 2.75) is 23.1 Å². The van der Waals surface area contributed by atoms with E-state index in [1.54, 1.807) is 0 Å². The fourth-order valence-electron chi connectivity index (χ4n) is 3.25. The Morgan fingerprint density at radius 3 is 2.67 bits per heavy atom. The molecule has 2 aliphatic rings. The summed E-state index contributed by atoms with van der Waals surface area (Å²) in [5.74, 6) is -5.20. The van der Waals surface area contributed by atoms with Crippen molar-refractivity contribution in [3.8, 4) is 0 Å². The van der Waals surface area contributed by atoms with Gasteiger partial charge in [-0.15, -0.1) is 0 Å². The van der Waals surface area contributed by atoms with Crippen LogP contribution in [-0.4, -0.2) is 27.6 Å². The van der Waals surface area contributed by atoms with E-state index in [2.05, 4.69) is 4.99 Å². The van der Waals surface area contributed by atoms with Gasteiger partial charge in [-0.2, -0.15) is 0 Å². The van der Waals surface area contributed by atoms with E-state index in [4.69, 9.17) is 11.5 Å². The third-order valence-corrected chi connectivity index (χ3v) is 5.57. The summed E-state index contributed by atoms with van der Waals surface area (Å²) in [7, 11) is 0. The molecule has 0 bridgehead atoms. The zero-order valence-corrected chi connectivity index (χ0v) is 11.9. The number of aliphatic imine (C=N–C) groups is 1. The van der Waals surface area contributed by atoms with E-state index >= 15 is 0 Å². The number of rotatable bonds is 2. The van der Waals surface area contributed by atoms with Crippen LogP contribution in [0.5, 0.6) is 0 Å². The second kappa shape index (κ2) is 4.07. The lowest BCUT2D eigenvalue weighted by molar-refractivity contribution is 0.0685. The van der Waals surface area contributed by atoms with Crippen LogP contribution >= 0.6 is 11.8 Å². The number of nitrogen functional groups attached to an aromatic ring is 1. The maximum Gasteiger partial charge on any atom is 0.272 e. The molecule has 21 heavy (non-hydrogen) atoms. The van der Waals surface area contributed by atoms with Gasteiger partial charge in [0.05, 0.1) is 18.1 Å². The zero-order valence-electron chi connectivity index (χ0n) is 11.1. The first-order valence-corrected chi connectivity index (χ1v) is 7.09. The number of hydrogen-bond acceptors (Lipinski definition) is 5. The molecule has 0 saturated heterocycles. The first kappa shape index (κ1) is 14.5. The van der Waals surface area contributed by atoms with Crippen molar-refractivity contribution in [2.75, 3.05) is 12.3 Å². The van der Waals surface area contributed by atoms with Crippen LogP contribution in [0.4, 0.5) is 18.9 Å². The van der Waals surface area contributed by atoms with Crippen LogP contribution in [0.1, 0.15) is 12.5 Å². The number of amidine groups is 1. The lowest BCUT2D eigenvalue weighted by Crippen LogP contribution is -2.37. The predicted octanol–water partition coefficient (Wildman–Crippen LogP) is 1.68. The average Bonchev–Trinajstić information content (AvgIpc) is 2.89. The first-order valence-electron chi connectivity index (χ1n) is 6.27. The predicted molar refractivity (Wildman–Crippen MR) is 75.6 cm³/mol. The number of halogens is 3. The van der Waals surface area contributed by atoms with Gasteiger partial charge in [-0.25, -0.2) is 13.2 Å². The number of hydrogen-bond donors (Lipinski definition) is 3. The number of thioether (sulfide) groups is 1. The molecule has 1 unspecified atom stereocenters. The van der Waals surface area contributed by atoms with Crippen molar-refractivity contribution in [1.82, 2.24) is 0 Å². The lowest BCUT2D eigenvalue weighted by atomic mass is 9.85. The quantitative estimate of drug-likeness (QED) is 0.725. The Labute approximate surface area is 123 Å². The van der Waals surface area contributed by atoms with Crippen LogP contribution < -0.4 is 11.5 Å². The molecule has 3 atom stereocenters. The highest BCUT2D eigenvalue weighted by molar-refractivity contribution is 8.15. The summed E-state index contributed by atoms with van der Waals surface area (Å²) < 4.78 is 40.9. The zero-order chi connectivity index (χ0) is 15.6. The Hall–Kier alpha value is -1.41. The van der Waals surface area contributed by atoms with E-state index in [1.807, 2.05) is 0 Å². The number of aliphatic hydroxyl groups excluding tert-OH is 1. The SMILES string of the molecule is C[C@]1(c2cc(N)ccc2F)N=C(N)S[C@@]2(CO)C1C2(F)F. The molecule has 8 heteroatoms. The molecule has 1 fully saturated rings. The fourth-order valence-corrected chi connectivity index (χ4v) is 4.61. The highest BCUT2D eigenvalue weighted by atomic mass is 32.2. The summed E-state index contributed by atoms with van der Waals surface area (Å²) in [6.45, 7) is 0.637. The van der Waals surface area contributed by atoms with Gasteiger partial charge < -0.3 is 16.6 Å². The minimum absolute atomic E-state index is 0.0363. The Kier molecular flexibility index (Phi) is 2.82. The molecule has 1 aliphatic carbocycles. The number of anilines is 1. The van der Waals surface area contributed by atoms with Gasteiger partial charge in [0.2, 0.25) is 0 Å². The highest BCUT2D eigenvalue weighted by Gasteiger charge is 2.87. The standard InChI is InChI=1S/C13H14F3N3OS/c1-11(7-4-6(17)2-3-8(7)14)9-12(5-20,13(9,15)16)21-10(18)19-11/h2-4,9,20H,5,17H2,1H3,(H2,18,19)/t9?,11-,12+/m1/s1. The minimum Gasteiger partial charge on any atom is -0.399 e. The van der Waals surface area contributed by atoms with Crippen LogP contribution in [0.3, 0.4) is 0 Å². The average molecular weight is 317 g/mol. The number of nitrogens with two attached hydrogens (primary N) is 2. The van der Waals surface area contributed by atoms with Crippen molar-refractivity contribution >= 4 is 22.6 Å². The summed E-state index contributed by atoms with van der Waals surface area (Å²) >= 11 is 0.651. The van der Waals surface area contributed by atoms with Crippen LogP contribution in [0, 0.1) is 11.7 Å². The number of nitrogens with zero attached hydrogens (tertiary/aromatic N) is 1. The molecule has 4 nitrogen and oxygen atoms in total. The summed E-state index contributed by atoms with van der Waals surface area (Å²) in [6.07, 6.45) is 0. The summed E-state index contributed by atoms with van der Waals surface area (Å²) in [5, 5.41) is 9.32. The number of alkyl halides is 2. The van der Waals surface area contributed by atoms with Crippen molar-refractivity contribution in [2.24, 2.45) is 16.6 Å². The monoisotopic (exact) mass is 317 g/mol. The third-order valence-electron chi connectivity index (χ3n) is 4.27. The van der Waals surface area contributed by atoms with Gasteiger partial charge in [-0.05, 0) is 25.1 Å². The molecule has 1 heterocycles. The molecular weight excluding hydrogens is 303 g/mol. The molecule has 1 aromatic carbocycles. The molecule has 1 saturated carbocycles. The van der Waals surface area contributed by atoms with E-state index in [-0.39, 0.29) is 16.4 Å². The minimum atomic E-state index is -3.19. The van der Waals surface area contributed by atoms with Gasteiger partial charge in [0, 0.05) is 11.3 Å². The van der Waals surface area contributed by atoms with Crippen LogP contribution in [0.25, 0.3) is 0 Å². The smallest absolute Gasteiger partial charge is 0.272 e. The summed E-state index contributed by atoms with van der Waals surface area (Å²) in [4.78, 5) is 4.07. The van der Waals surface area contributed by atoms with Gasteiger partial charge >= 0.3 is 0 Å². The van der Waals surface area contributed by atoms with Crippen molar-refractivity contribution in [3.63, 3.8) is 0 Å². The van der Waals surface area contributed by atoms with E-state index < -0.39 is 34.6 Å². The van der Waals surface area contributed by atoms with E-state index in [9.17, 15) is 18.3 Å². The van der Waals surface area contributed by atoms with E-state index in [0.717, 1.165) is 6.07 Å². The second-order valence-corrected chi connectivity index (χ2v) is 6.89. The Morgan fingerprint density at radius 2 is 2.05 bits per heavy atom.